The van der Waals surface area contributed by atoms with E-state index in [0.717, 1.165) is 32.1 Å². The maximum Gasteiger partial charge on any atom is 0.255 e. The van der Waals surface area contributed by atoms with Gasteiger partial charge in [0, 0.05) is 11.1 Å². The van der Waals surface area contributed by atoms with E-state index in [2.05, 4.69) is 6.92 Å². The minimum atomic E-state index is -0.182. The second kappa shape index (κ2) is 7.55. The molecular formula is C23H26N2O2. The average Bonchev–Trinajstić information content (AvgIpc) is 3.08. The monoisotopic (exact) mass is 362 g/mol. The molecule has 4 nitrogen and oxygen atoms in total. The molecule has 1 aliphatic heterocycles. The van der Waals surface area contributed by atoms with Gasteiger partial charge in [0.1, 0.15) is 6.17 Å². The summed E-state index contributed by atoms with van der Waals surface area (Å²) in [5.41, 5.74) is 1.41. The normalized spacial score (nSPS) is 22.6. The van der Waals surface area contributed by atoms with Crippen LogP contribution in [0.15, 0.2) is 60.7 Å². The van der Waals surface area contributed by atoms with E-state index in [-0.39, 0.29) is 30.1 Å². The van der Waals surface area contributed by atoms with Crippen molar-refractivity contribution in [3.05, 3.63) is 71.8 Å². The van der Waals surface area contributed by atoms with Gasteiger partial charge in [-0.15, -0.1) is 0 Å². The van der Waals surface area contributed by atoms with Crippen molar-refractivity contribution in [2.45, 2.75) is 57.3 Å². The van der Waals surface area contributed by atoms with E-state index in [0.29, 0.717) is 11.1 Å². The van der Waals surface area contributed by atoms with Crippen molar-refractivity contribution in [2.75, 3.05) is 0 Å². The molecule has 0 spiro atoms. The van der Waals surface area contributed by atoms with Crippen molar-refractivity contribution in [3.63, 3.8) is 0 Å². The highest BCUT2D eigenvalue weighted by molar-refractivity contribution is 5.98. The summed E-state index contributed by atoms with van der Waals surface area (Å²) in [6.07, 6.45) is 4.73. The third-order valence-electron chi connectivity index (χ3n) is 5.93. The van der Waals surface area contributed by atoms with Crippen LogP contribution in [-0.2, 0) is 0 Å². The molecule has 27 heavy (non-hydrogen) atoms. The molecule has 0 unspecified atom stereocenters. The molecule has 4 rings (SSSR count). The summed E-state index contributed by atoms with van der Waals surface area (Å²) in [4.78, 5) is 30.7. The third-order valence-corrected chi connectivity index (χ3v) is 5.93. The van der Waals surface area contributed by atoms with Gasteiger partial charge < -0.3 is 9.80 Å². The summed E-state index contributed by atoms with van der Waals surface area (Å²) < 4.78 is 0. The zero-order valence-corrected chi connectivity index (χ0v) is 15.8. The van der Waals surface area contributed by atoms with Gasteiger partial charge in [-0.25, -0.2) is 0 Å². The Morgan fingerprint density at radius 3 is 1.56 bits per heavy atom. The highest BCUT2D eigenvalue weighted by Crippen LogP contribution is 2.39. The third kappa shape index (κ3) is 3.14. The number of amides is 2. The lowest BCUT2D eigenvalue weighted by Crippen LogP contribution is -2.46. The molecule has 2 fully saturated rings. The topological polar surface area (TPSA) is 40.6 Å². The molecule has 140 valence electrons. The summed E-state index contributed by atoms with van der Waals surface area (Å²) >= 11 is 0. The molecule has 1 aliphatic carbocycles. The number of carbonyl (C=O) groups excluding carboxylic acids is 2. The van der Waals surface area contributed by atoms with Gasteiger partial charge in [0.25, 0.3) is 11.8 Å². The van der Waals surface area contributed by atoms with Gasteiger partial charge in [-0.1, -0.05) is 56.2 Å². The first kappa shape index (κ1) is 17.8. The second-order valence-electron chi connectivity index (χ2n) is 7.46. The van der Waals surface area contributed by atoms with E-state index < -0.39 is 0 Å². The Hall–Kier alpha value is -2.62. The summed E-state index contributed by atoms with van der Waals surface area (Å²) in [5, 5.41) is 0. The Morgan fingerprint density at radius 1 is 0.778 bits per heavy atom. The summed E-state index contributed by atoms with van der Waals surface area (Å²) in [5.74, 6) is 0.0884. The zero-order valence-electron chi connectivity index (χ0n) is 15.8. The minimum absolute atomic E-state index is 0.0442. The Kier molecular flexibility index (Phi) is 4.97. The van der Waals surface area contributed by atoms with E-state index in [9.17, 15) is 9.59 Å². The van der Waals surface area contributed by atoms with Crippen LogP contribution in [0.1, 0.15) is 59.7 Å². The van der Waals surface area contributed by atoms with Gasteiger partial charge in [-0.3, -0.25) is 9.59 Å². The van der Waals surface area contributed by atoms with Crippen LogP contribution in [0.3, 0.4) is 0 Å². The summed E-state index contributed by atoms with van der Waals surface area (Å²) in [6, 6.07) is 19.1. The van der Waals surface area contributed by atoms with E-state index in [4.69, 9.17) is 0 Å². The number of nitrogens with zero attached hydrogens (tertiary/aromatic N) is 2. The average molecular weight is 362 g/mol. The van der Waals surface area contributed by atoms with Gasteiger partial charge in [0.15, 0.2) is 0 Å². The molecule has 0 radical (unpaired) electrons. The second-order valence-corrected chi connectivity index (χ2v) is 7.46. The minimum Gasteiger partial charge on any atom is -0.313 e. The molecule has 2 aromatic carbocycles. The Bertz CT molecular complexity index is 738. The molecule has 0 bridgehead atoms. The number of carbonyl (C=O) groups is 2. The lowest BCUT2D eigenvalue weighted by atomic mass is 9.89. The van der Waals surface area contributed by atoms with Gasteiger partial charge in [0.2, 0.25) is 0 Å². The fourth-order valence-corrected chi connectivity index (χ4v) is 4.74. The van der Waals surface area contributed by atoms with Gasteiger partial charge >= 0.3 is 0 Å². The van der Waals surface area contributed by atoms with Crippen molar-refractivity contribution in [2.24, 2.45) is 0 Å². The SMILES string of the molecule is CCC1N(C(=O)c2ccccc2)[C@@H]2CCCC[C@H]2N1C(=O)c1ccccc1. The molecule has 2 aliphatic rings. The van der Waals surface area contributed by atoms with Crippen LogP contribution >= 0.6 is 0 Å². The summed E-state index contributed by atoms with van der Waals surface area (Å²) in [7, 11) is 0. The molecule has 2 aromatic rings. The standard InChI is InChI=1S/C23H26N2O2/c1-2-21-24(22(26)17-11-5-3-6-12-17)19-15-9-10-16-20(19)25(21)23(27)18-13-7-4-8-14-18/h3-8,11-14,19-21H,2,9-10,15-16H2,1H3/t19-,20-/m1/s1. The smallest absolute Gasteiger partial charge is 0.255 e. The largest absolute Gasteiger partial charge is 0.313 e. The van der Waals surface area contributed by atoms with Crippen molar-refractivity contribution in [1.82, 2.24) is 9.80 Å². The van der Waals surface area contributed by atoms with Crippen molar-refractivity contribution >= 4 is 11.8 Å². The van der Waals surface area contributed by atoms with Crippen LogP contribution in [0.2, 0.25) is 0 Å². The predicted octanol–water partition coefficient (Wildman–Crippen LogP) is 4.33. The lowest BCUT2D eigenvalue weighted by Gasteiger charge is -2.32. The first-order valence-electron chi connectivity index (χ1n) is 9.97. The first-order valence-corrected chi connectivity index (χ1v) is 9.97. The Balaban J connectivity index is 1.72. The quantitative estimate of drug-likeness (QED) is 0.815. The van der Waals surface area contributed by atoms with E-state index in [1.165, 1.54) is 0 Å². The van der Waals surface area contributed by atoms with Crippen molar-refractivity contribution in [3.8, 4) is 0 Å². The van der Waals surface area contributed by atoms with Crippen molar-refractivity contribution in [1.29, 1.82) is 0 Å². The van der Waals surface area contributed by atoms with Crippen molar-refractivity contribution < 1.29 is 9.59 Å². The molecule has 1 heterocycles. The number of rotatable bonds is 3. The van der Waals surface area contributed by atoms with Gasteiger partial charge in [-0.05, 0) is 43.5 Å². The van der Waals surface area contributed by atoms with E-state index in [1.807, 2.05) is 70.5 Å². The Labute approximate surface area is 160 Å². The molecule has 1 saturated heterocycles. The molecule has 0 aromatic heterocycles. The highest BCUT2D eigenvalue weighted by Gasteiger charge is 2.51. The lowest BCUT2D eigenvalue weighted by molar-refractivity contribution is 0.0490. The zero-order chi connectivity index (χ0) is 18.8. The number of hydrogen-bond acceptors (Lipinski definition) is 2. The molecule has 2 atom stereocenters. The number of benzene rings is 2. The fourth-order valence-electron chi connectivity index (χ4n) is 4.74. The van der Waals surface area contributed by atoms with E-state index >= 15 is 0 Å². The highest BCUT2D eigenvalue weighted by atomic mass is 16.2. The van der Waals surface area contributed by atoms with Crippen LogP contribution in [0.25, 0.3) is 0 Å². The van der Waals surface area contributed by atoms with Crippen LogP contribution in [0.4, 0.5) is 0 Å². The summed E-state index contributed by atoms with van der Waals surface area (Å²) in [6.45, 7) is 2.07. The number of fused-ring (bicyclic) bond motifs is 1. The van der Waals surface area contributed by atoms with Crippen LogP contribution in [0, 0.1) is 0 Å². The predicted molar refractivity (Wildman–Crippen MR) is 105 cm³/mol. The maximum absolute atomic E-state index is 13.4. The van der Waals surface area contributed by atoms with Gasteiger partial charge in [-0.2, -0.15) is 0 Å². The van der Waals surface area contributed by atoms with Gasteiger partial charge in [0.05, 0.1) is 12.1 Å². The molecular weight excluding hydrogens is 336 g/mol. The number of hydrogen-bond donors (Lipinski definition) is 0. The van der Waals surface area contributed by atoms with E-state index in [1.54, 1.807) is 0 Å². The van der Waals surface area contributed by atoms with Crippen LogP contribution < -0.4 is 0 Å². The fraction of sp³-hybridized carbons (Fsp3) is 0.391. The molecule has 1 saturated carbocycles. The van der Waals surface area contributed by atoms with Crippen LogP contribution in [0.5, 0.6) is 0 Å². The van der Waals surface area contributed by atoms with Crippen LogP contribution in [-0.4, -0.2) is 39.9 Å². The Morgan fingerprint density at radius 2 is 1.19 bits per heavy atom. The molecule has 2 amide bonds. The molecule has 4 heteroatoms. The first-order chi connectivity index (χ1) is 13.2. The molecule has 0 N–H and O–H groups in total. The maximum atomic E-state index is 13.4.